The Kier molecular flexibility index (Phi) is 5.39. The smallest absolute Gasteiger partial charge is 0.330 e. The lowest BCUT2D eigenvalue weighted by atomic mass is 10.1. The molecular weight excluding hydrogens is 328 g/mol. The van der Waals surface area contributed by atoms with Crippen molar-refractivity contribution in [1.82, 2.24) is 19.9 Å². The average Bonchev–Trinajstić information content (AvgIpc) is 2.92. The number of nitrogens with zero attached hydrogens (tertiary/aromatic N) is 2. The largest absolute Gasteiger partial charge is 0.394 e. The summed E-state index contributed by atoms with van der Waals surface area (Å²) in [6.45, 7) is 0.114. The number of aliphatic hydroxyl groups excluding tert-OH is 2. The van der Waals surface area contributed by atoms with Crippen LogP contribution in [0.2, 0.25) is 0 Å². The molecular formula is C16H20N4O5. The zero-order valence-electron chi connectivity index (χ0n) is 13.4. The molecule has 4 N–H and O–H groups in total. The van der Waals surface area contributed by atoms with Gasteiger partial charge in [-0.25, -0.2) is 4.79 Å². The summed E-state index contributed by atoms with van der Waals surface area (Å²) in [5.41, 5.74) is -0.266. The second-order valence-electron chi connectivity index (χ2n) is 5.81. The highest BCUT2D eigenvalue weighted by Crippen LogP contribution is 2.28. The molecule has 2 aromatic rings. The van der Waals surface area contributed by atoms with E-state index in [1.54, 1.807) is 6.20 Å². The first-order valence-corrected chi connectivity index (χ1v) is 7.99. The molecule has 1 saturated heterocycles. The van der Waals surface area contributed by atoms with Crippen molar-refractivity contribution in [1.29, 1.82) is 0 Å². The fourth-order valence-corrected chi connectivity index (χ4v) is 2.90. The molecule has 0 unspecified atom stereocenters. The second-order valence-corrected chi connectivity index (χ2v) is 5.81. The number of hydrogen-bond acceptors (Lipinski definition) is 7. The van der Waals surface area contributed by atoms with Gasteiger partial charge in [-0.1, -0.05) is 6.07 Å². The van der Waals surface area contributed by atoms with E-state index < -0.39 is 35.7 Å². The Morgan fingerprint density at radius 2 is 2.16 bits per heavy atom. The molecule has 3 rings (SSSR count). The van der Waals surface area contributed by atoms with Crippen molar-refractivity contribution < 1.29 is 14.9 Å². The Labute approximate surface area is 142 Å². The van der Waals surface area contributed by atoms with Crippen LogP contribution >= 0.6 is 0 Å². The van der Waals surface area contributed by atoms with E-state index in [1.165, 1.54) is 16.8 Å². The summed E-state index contributed by atoms with van der Waals surface area (Å²) in [6.07, 6.45) is 0.967. The summed E-state index contributed by atoms with van der Waals surface area (Å²) in [5, 5.41) is 22.9. The highest BCUT2D eigenvalue weighted by atomic mass is 16.5. The molecule has 0 saturated carbocycles. The monoisotopic (exact) mass is 348 g/mol. The first kappa shape index (κ1) is 17.5. The van der Waals surface area contributed by atoms with Gasteiger partial charge in [-0.3, -0.25) is 19.3 Å². The molecule has 0 bridgehead atoms. The molecule has 0 amide bonds. The van der Waals surface area contributed by atoms with E-state index in [4.69, 9.17) is 4.74 Å². The molecule has 0 radical (unpaired) electrons. The molecule has 9 heteroatoms. The maximum absolute atomic E-state index is 12.0. The maximum Gasteiger partial charge on any atom is 0.330 e. The summed E-state index contributed by atoms with van der Waals surface area (Å²) in [5.74, 6) is 0. The van der Waals surface area contributed by atoms with Gasteiger partial charge in [-0.05, 0) is 12.1 Å². The first-order chi connectivity index (χ1) is 12.1. The molecule has 134 valence electrons. The number of rotatable bonds is 6. The van der Waals surface area contributed by atoms with E-state index in [2.05, 4.69) is 15.3 Å². The van der Waals surface area contributed by atoms with Crippen molar-refractivity contribution in [2.45, 2.75) is 30.9 Å². The van der Waals surface area contributed by atoms with Crippen LogP contribution in [0.5, 0.6) is 0 Å². The van der Waals surface area contributed by atoms with Gasteiger partial charge < -0.3 is 20.3 Å². The van der Waals surface area contributed by atoms with Crippen LogP contribution < -0.4 is 16.6 Å². The van der Waals surface area contributed by atoms with E-state index in [1.807, 2.05) is 18.2 Å². The van der Waals surface area contributed by atoms with Crippen LogP contribution in [0.1, 0.15) is 11.9 Å². The fraction of sp³-hybridized carbons (Fsp3) is 0.438. The number of H-pyrrole nitrogens is 1. The Morgan fingerprint density at radius 3 is 2.84 bits per heavy atom. The minimum absolute atomic E-state index is 0.381. The predicted octanol–water partition coefficient (Wildman–Crippen LogP) is -1.62. The number of pyridine rings is 1. The summed E-state index contributed by atoms with van der Waals surface area (Å²) in [6, 6.07) is 6.19. The number of hydrogen-bond donors (Lipinski definition) is 4. The van der Waals surface area contributed by atoms with Gasteiger partial charge in [0.05, 0.1) is 12.6 Å². The molecule has 0 aromatic carbocycles. The quantitative estimate of drug-likeness (QED) is 0.494. The third-order valence-corrected chi connectivity index (χ3v) is 4.16. The molecule has 4 atom stereocenters. The molecule has 0 aliphatic carbocycles. The van der Waals surface area contributed by atoms with Gasteiger partial charge in [0.15, 0.2) is 6.23 Å². The van der Waals surface area contributed by atoms with Gasteiger partial charge in [0.1, 0.15) is 12.2 Å². The number of nitrogens with one attached hydrogen (secondary N) is 2. The maximum atomic E-state index is 12.0. The first-order valence-electron chi connectivity index (χ1n) is 7.99. The zero-order chi connectivity index (χ0) is 17.8. The van der Waals surface area contributed by atoms with Crippen molar-refractivity contribution in [3.8, 4) is 0 Å². The van der Waals surface area contributed by atoms with Crippen LogP contribution in [0.25, 0.3) is 0 Å². The van der Waals surface area contributed by atoms with Crippen LogP contribution in [0.15, 0.2) is 46.2 Å². The summed E-state index contributed by atoms with van der Waals surface area (Å²) in [7, 11) is 0. The SMILES string of the molecule is O=c1ccn([C@@H]2O[C@H](CO)[C@@H](O)[C@H]2NCCc2ccccn2)c(=O)[nH]1. The van der Waals surface area contributed by atoms with Crippen LogP contribution in [-0.2, 0) is 11.2 Å². The van der Waals surface area contributed by atoms with Crippen molar-refractivity contribution in [2.24, 2.45) is 0 Å². The van der Waals surface area contributed by atoms with Gasteiger partial charge in [0.2, 0.25) is 0 Å². The lowest BCUT2D eigenvalue weighted by Gasteiger charge is -2.23. The van der Waals surface area contributed by atoms with E-state index >= 15 is 0 Å². The molecule has 9 nitrogen and oxygen atoms in total. The van der Waals surface area contributed by atoms with E-state index in [-0.39, 0.29) is 6.61 Å². The van der Waals surface area contributed by atoms with Gasteiger partial charge in [0, 0.05) is 37.1 Å². The van der Waals surface area contributed by atoms with E-state index in [9.17, 15) is 19.8 Å². The van der Waals surface area contributed by atoms with Crippen LogP contribution in [-0.4, -0.2) is 56.1 Å². The molecule has 1 aliphatic heterocycles. The molecule has 3 heterocycles. The Balaban J connectivity index is 1.75. The van der Waals surface area contributed by atoms with Gasteiger partial charge in [-0.2, -0.15) is 0 Å². The molecule has 1 fully saturated rings. The minimum atomic E-state index is -1.00. The van der Waals surface area contributed by atoms with Crippen LogP contribution in [0.3, 0.4) is 0 Å². The van der Waals surface area contributed by atoms with Gasteiger partial charge in [0.25, 0.3) is 5.56 Å². The summed E-state index contributed by atoms with van der Waals surface area (Å²) < 4.78 is 6.80. The van der Waals surface area contributed by atoms with Gasteiger partial charge in [-0.15, -0.1) is 0 Å². The van der Waals surface area contributed by atoms with Crippen LogP contribution in [0, 0.1) is 0 Å². The standard InChI is InChI=1S/C16H20N4O5/c21-9-11-14(23)13(18-7-4-10-3-1-2-6-17-10)15(25-11)20-8-5-12(22)19-16(20)24/h1-3,5-6,8,11,13-15,18,21,23H,4,7,9H2,(H,19,22,24)/t11-,13-,14-,15-/m1/s1. The predicted molar refractivity (Wildman–Crippen MR) is 88.1 cm³/mol. The Bertz CT molecular complexity index is 806. The molecule has 0 spiro atoms. The third-order valence-electron chi connectivity index (χ3n) is 4.16. The lowest BCUT2D eigenvalue weighted by Crippen LogP contribution is -2.46. The number of aromatic amines is 1. The normalized spacial score (nSPS) is 26.0. The molecule has 25 heavy (non-hydrogen) atoms. The van der Waals surface area contributed by atoms with Crippen LogP contribution in [0.4, 0.5) is 0 Å². The highest BCUT2D eigenvalue weighted by molar-refractivity contribution is 5.04. The Morgan fingerprint density at radius 1 is 1.32 bits per heavy atom. The highest BCUT2D eigenvalue weighted by Gasteiger charge is 2.44. The average molecular weight is 348 g/mol. The second kappa shape index (κ2) is 7.70. The van der Waals surface area contributed by atoms with Gasteiger partial charge >= 0.3 is 5.69 Å². The number of ether oxygens (including phenoxy) is 1. The van der Waals surface area contributed by atoms with Crippen molar-refractivity contribution in [3.63, 3.8) is 0 Å². The van der Waals surface area contributed by atoms with Crippen molar-refractivity contribution in [3.05, 3.63) is 63.2 Å². The topological polar surface area (TPSA) is 129 Å². The Hall–Kier alpha value is -2.33. The third kappa shape index (κ3) is 3.85. The van der Waals surface area contributed by atoms with E-state index in [0.29, 0.717) is 13.0 Å². The zero-order valence-corrected chi connectivity index (χ0v) is 13.4. The molecule has 2 aromatic heterocycles. The van der Waals surface area contributed by atoms with Crippen molar-refractivity contribution in [2.75, 3.05) is 13.2 Å². The summed E-state index contributed by atoms with van der Waals surface area (Å²) in [4.78, 5) is 29.6. The summed E-state index contributed by atoms with van der Waals surface area (Å²) >= 11 is 0. The van der Waals surface area contributed by atoms with E-state index in [0.717, 1.165) is 5.69 Å². The fourth-order valence-electron chi connectivity index (χ4n) is 2.90. The number of aromatic nitrogens is 3. The number of aliphatic hydroxyl groups is 2. The lowest BCUT2D eigenvalue weighted by molar-refractivity contribution is -0.0469. The van der Waals surface area contributed by atoms with Crippen molar-refractivity contribution >= 4 is 0 Å². The molecule has 1 aliphatic rings. The minimum Gasteiger partial charge on any atom is -0.394 e.